The van der Waals surface area contributed by atoms with Gasteiger partial charge in [-0.1, -0.05) is 11.3 Å². The van der Waals surface area contributed by atoms with Gasteiger partial charge in [0.05, 0.1) is 30.7 Å². The Labute approximate surface area is 129 Å². The molecule has 0 bridgehead atoms. The summed E-state index contributed by atoms with van der Waals surface area (Å²) < 4.78 is 7.61. The maximum atomic E-state index is 9.25. The molecule has 118 valence electrons. The van der Waals surface area contributed by atoms with Crippen LogP contribution in [0.25, 0.3) is 11.4 Å². The molecule has 0 aromatic carbocycles. The van der Waals surface area contributed by atoms with Gasteiger partial charge < -0.3 is 15.6 Å². The summed E-state index contributed by atoms with van der Waals surface area (Å²) in [5.41, 5.74) is 7.49. The Balaban J connectivity index is 1.55. The quantitative estimate of drug-likeness (QED) is 0.839. The Morgan fingerprint density at radius 1 is 1.32 bits per heavy atom. The number of ether oxygens (including phenoxy) is 1. The van der Waals surface area contributed by atoms with Crippen molar-refractivity contribution in [2.24, 2.45) is 5.73 Å². The third-order valence-electron chi connectivity index (χ3n) is 3.99. The third kappa shape index (κ3) is 3.49. The second-order valence-corrected chi connectivity index (χ2v) is 5.59. The first-order valence-electron chi connectivity index (χ1n) is 7.59. The van der Waals surface area contributed by atoms with Crippen LogP contribution in [0.2, 0.25) is 0 Å². The Morgan fingerprint density at radius 3 is 3.00 bits per heavy atom. The Morgan fingerprint density at radius 2 is 2.23 bits per heavy atom. The Hall–Kier alpha value is -1.83. The SMILES string of the molecule is N[C@H]1CC[C@H](CCn2cc(-c3ccccn3)nn2)O[C@@H]1CO. The van der Waals surface area contributed by atoms with Crippen molar-refractivity contribution >= 4 is 0 Å². The lowest BCUT2D eigenvalue weighted by atomic mass is 9.98. The largest absolute Gasteiger partial charge is 0.394 e. The van der Waals surface area contributed by atoms with Gasteiger partial charge in [0.1, 0.15) is 5.69 Å². The molecule has 22 heavy (non-hydrogen) atoms. The van der Waals surface area contributed by atoms with Gasteiger partial charge in [-0.25, -0.2) is 0 Å². The number of nitrogens with two attached hydrogens (primary N) is 1. The highest BCUT2D eigenvalue weighted by Crippen LogP contribution is 2.21. The molecule has 1 aliphatic rings. The van der Waals surface area contributed by atoms with E-state index in [1.807, 2.05) is 24.4 Å². The second-order valence-electron chi connectivity index (χ2n) is 5.59. The van der Waals surface area contributed by atoms with Crippen molar-refractivity contribution in [1.82, 2.24) is 20.0 Å². The van der Waals surface area contributed by atoms with Gasteiger partial charge in [0.15, 0.2) is 0 Å². The highest BCUT2D eigenvalue weighted by Gasteiger charge is 2.28. The van der Waals surface area contributed by atoms with Crippen LogP contribution in [0.1, 0.15) is 19.3 Å². The van der Waals surface area contributed by atoms with Crippen LogP contribution in [0.3, 0.4) is 0 Å². The molecule has 1 aliphatic heterocycles. The molecule has 3 heterocycles. The van der Waals surface area contributed by atoms with Crippen LogP contribution in [0.15, 0.2) is 30.6 Å². The summed E-state index contributed by atoms with van der Waals surface area (Å²) in [5.74, 6) is 0. The van der Waals surface area contributed by atoms with Crippen molar-refractivity contribution in [2.75, 3.05) is 6.61 Å². The van der Waals surface area contributed by atoms with E-state index in [-0.39, 0.29) is 24.9 Å². The lowest BCUT2D eigenvalue weighted by Crippen LogP contribution is -2.46. The van der Waals surface area contributed by atoms with E-state index in [0.717, 1.165) is 37.2 Å². The zero-order valence-corrected chi connectivity index (χ0v) is 12.4. The zero-order chi connectivity index (χ0) is 15.4. The summed E-state index contributed by atoms with van der Waals surface area (Å²) in [4.78, 5) is 4.26. The van der Waals surface area contributed by atoms with Gasteiger partial charge in [-0.2, -0.15) is 0 Å². The molecule has 3 atom stereocenters. The summed E-state index contributed by atoms with van der Waals surface area (Å²) >= 11 is 0. The van der Waals surface area contributed by atoms with Crippen LogP contribution < -0.4 is 5.73 Å². The van der Waals surface area contributed by atoms with Crippen LogP contribution in [-0.2, 0) is 11.3 Å². The topological polar surface area (TPSA) is 99.1 Å². The van der Waals surface area contributed by atoms with Crippen molar-refractivity contribution in [3.05, 3.63) is 30.6 Å². The highest BCUT2D eigenvalue weighted by atomic mass is 16.5. The Kier molecular flexibility index (Phi) is 4.77. The maximum Gasteiger partial charge on any atom is 0.131 e. The molecule has 2 aromatic rings. The van der Waals surface area contributed by atoms with Gasteiger partial charge in [0.25, 0.3) is 0 Å². The molecule has 7 heteroatoms. The molecule has 0 unspecified atom stereocenters. The van der Waals surface area contributed by atoms with Gasteiger partial charge in [-0.3, -0.25) is 9.67 Å². The lowest BCUT2D eigenvalue weighted by Gasteiger charge is -2.33. The highest BCUT2D eigenvalue weighted by molar-refractivity contribution is 5.51. The van der Waals surface area contributed by atoms with Crippen LogP contribution in [0.5, 0.6) is 0 Å². The number of aliphatic hydroxyl groups is 1. The molecule has 1 fully saturated rings. The van der Waals surface area contributed by atoms with Crippen molar-refractivity contribution in [3.8, 4) is 11.4 Å². The molecule has 3 N–H and O–H groups in total. The minimum atomic E-state index is -0.251. The van der Waals surface area contributed by atoms with Gasteiger partial charge >= 0.3 is 0 Å². The number of hydrogen-bond acceptors (Lipinski definition) is 6. The van der Waals surface area contributed by atoms with E-state index < -0.39 is 0 Å². The van der Waals surface area contributed by atoms with E-state index in [4.69, 9.17) is 10.5 Å². The van der Waals surface area contributed by atoms with E-state index >= 15 is 0 Å². The van der Waals surface area contributed by atoms with Crippen molar-refractivity contribution in [2.45, 2.75) is 44.1 Å². The average molecular weight is 303 g/mol. The van der Waals surface area contributed by atoms with Crippen LogP contribution >= 0.6 is 0 Å². The predicted octanol–water partition coefficient (Wildman–Crippen LogP) is 0.597. The maximum absolute atomic E-state index is 9.25. The van der Waals surface area contributed by atoms with E-state index in [2.05, 4.69) is 15.3 Å². The van der Waals surface area contributed by atoms with Gasteiger partial charge in [-0.15, -0.1) is 5.10 Å². The summed E-state index contributed by atoms with van der Waals surface area (Å²) in [7, 11) is 0. The molecular formula is C15H21N5O2. The normalized spacial score (nSPS) is 25.3. The second kappa shape index (κ2) is 6.95. The number of aliphatic hydroxyl groups excluding tert-OH is 1. The monoisotopic (exact) mass is 303 g/mol. The van der Waals surface area contributed by atoms with Crippen LogP contribution in [-0.4, -0.2) is 49.9 Å². The Bertz CT molecular complexity index is 589. The third-order valence-corrected chi connectivity index (χ3v) is 3.99. The first-order valence-corrected chi connectivity index (χ1v) is 7.59. The fourth-order valence-electron chi connectivity index (χ4n) is 2.69. The summed E-state index contributed by atoms with van der Waals surface area (Å²) in [6, 6.07) is 5.64. The molecule has 1 saturated heterocycles. The minimum Gasteiger partial charge on any atom is -0.394 e. The molecular weight excluding hydrogens is 282 g/mol. The first-order chi connectivity index (χ1) is 10.8. The van der Waals surface area contributed by atoms with Crippen molar-refractivity contribution in [1.29, 1.82) is 0 Å². The van der Waals surface area contributed by atoms with Crippen LogP contribution in [0.4, 0.5) is 0 Å². The summed E-state index contributed by atoms with van der Waals surface area (Å²) in [6.45, 7) is 0.697. The zero-order valence-electron chi connectivity index (χ0n) is 12.4. The fourth-order valence-corrected chi connectivity index (χ4v) is 2.69. The molecule has 0 saturated carbocycles. The average Bonchev–Trinajstić information content (AvgIpc) is 3.04. The van der Waals surface area contributed by atoms with E-state index in [1.165, 1.54) is 0 Å². The van der Waals surface area contributed by atoms with Crippen LogP contribution in [0, 0.1) is 0 Å². The lowest BCUT2D eigenvalue weighted by molar-refractivity contribution is -0.0861. The smallest absolute Gasteiger partial charge is 0.131 e. The predicted molar refractivity (Wildman–Crippen MR) is 80.8 cm³/mol. The number of aryl methyl sites for hydroxylation is 1. The number of pyridine rings is 1. The molecule has 2 aromatic heterocycles. The number of hydrogen-bond donors (Lipinski definition) is 2. The standard InChI is InChI=1S/C15H21N5O2/c16-12-5-4-11(22-15(12)10-21)6-8-20-9-14(18-19-20)13-3-1-2-7-17-13/h1-3,7,9,11-12,15,21H,4-6,8,10,16H2/t11-,12+,15-/m1/s1. The molecule has 0 spiro atoms. The van der Waals surface area contributed by atoms with E-state index in [0.29, 0.717) is 0 Å². The number of nitrogens with zero attached hydrogens (tertiary/aromatic N) is 4. The van der Waals surface area contributed by atoms with Gasteiger partial charge in [0, 0.05) is 18.8 Å². The number of rotatable bonds is 5. The molecule has 0 radical (unpaired) electrons. The molecule has 3 rings (SSSR count). The molecule has 7 nitrogen and oxygen atoms in total. The molecule has 0 aliphatic carbocycles. The number of aromatic nitrogens is 4. The van der Waals surface area contributed by atoms with Crippen molar-refractivity contribution < 1.29 is 9.84 Å². The fraction of sp³-hybridized carbons (Fsp3) is 0.533. The minimum absolute atomic E-state index is 0.0230. The summed E-state index contributed by atoms with van der Waals surface area (Å²) in [5, 5.41) is 17.5. The van der Waals surface area contributed by atoms with Gasteiger partial charge in [-0.05, 0) is 31.4 Å². The first kappa shape index (κ1) is 15.1. The van der Waals surface area contributed by atoms with E-state index in [1.54, 1.807) is 10.9 Å². The van der Waals surface area contributed by atoms with E-state index in [9.17, 15) is 5.11 Å². The van der Waals surface area contributed by atoms with Gasteiger partial charge in [0.2, 0.25) is 0 Å². The van der Waals surface area contributed by atoms with Crippen molar-refractivity contribution in [3.63, 3.8) is 0 Å². The summed E-state index contributed by atoms with van der Waals surface area (Å²) in [6.07, 6.45) is 6.11. The molecule has 0 amide bonds.